The van der Waals surface area contributed by atoms with Gasteiger partial charge >= 0.3 is 0 Å². The molecule has 0 radical (unpaired) electrons. The van der Waals surface area contributed by atoms with E-state index >= 15 is 0 Å². The number of anilines is 2. The molecular formula is C19H22FN3O. The third-order valence-corrected chi connectivity index (χ3v) is 4.27. The van der Waals surface area contributed by atoms with Crippen LogP contribution in [-0.2, 0) is 4.79 Å². The number of aryl methyl sites for hydroxylation is 1. The second-order valence-electron chi connectivity index (χ2n) is 6.07. The monoisotopic (exact) mass is 327 g/mol. The molecule has 0 aliphatic carbocycles. The smallest absolute Gasteiger partial charge is 0.241 e. The molecule has 0 bridgehead atoms. The molecule has 0 aromatic heterocycles. The van der Waals surface area contributed by atoms with Crippen LogP contribution in [0.5, 0.6) is 0 Å². The fourth-order valence-corrected chi connectivity index (χ4v) is 2.93. The Bertz CT molecular complexity index is 711. The van der Waals surface area contributed by atoms with E-state index < -0.39 is 0 Å². The lowest BCUT2D eigenvalue weighted by molar-refractivity contribution is -0.129. The Morgan fingerprint density at radius 1 is 1.08 bits per heavy atom. The largest absolute Gasteiger partial charge is 0.376 e. The van der Waals surface area contributed by atoms with Crippen molar-refractivity contribution in [2.75, 3.05) is 42.9 Å². The van der Waals surface area contributed by atoms with E-state index in [-0.39, 0.29) is 18.3 Å². The molecule has 24 heavy (non-hydrogen) atoms. The summed E-state index contributed by atoms with van der Waals surface area (Å²) < 4.78 is 13.1. The lowest BCUT2D eigenvalue weighted by Crippen LogP contribution is -2.50. The Kier molecular flexibility index (Phi) is 4.99. The number of piperazine rings is 1. The Hall–Kier alpha value is -2.56. The highest BCUT2D eigenvalue weighted by Gasteiger charge is 2.21. The SMILES string of the molecule is Cc1cccc(N2CCN(C(=O)CNc3cccc(F)c3)CC2)c1. The number of benzene rings is 2. The van der Waals surface area contributed by atoms with Crippen molar-refractivity contribution >= 4 is 17.3 Å². The summed E-state index contributed by atoms with van der Waals surface area (Å²) in [6.07, 6.45) is 0. The summed E-state index contributed by atoms with van der Waals surface area (Å²) in [6, 6.07) is 14.6. The van der Waals surface area contributed by atoms with E-state index in [1.807, 2.05) is 4.90 Å². The zero-order valence-corrected chi connectivity index (χ0v) is 13.8. The zero-order valence-electron chi connectivity index (χ0n) is 13.8. The fourth-order valence-electron chi connectivity index (χ4n) is 2.93. The van der Waals surface area contributed by atoms with Gasteiger partial charge < -0.3 is 15.1 Å². The maximum absolute atomic E-state index is 13.1. The summed E-state index contributed by atoms with van der Waals surface area (Å²) in [4.78, 5) is 16.5. The van der Waals surface area contributed by atoms with Gasteiger partial charge in [0.2, 0.25) is 5.91 Å². The molecule has 1 amide bonds. The highest BCUT2D eigenvalue weighted by Crippen LogP contribution is 2.18. The minimum Gasteiger partial charge on any atom is -0.376 e. The first-order valence-corrected chi connectivity index (χ1v) is 8.21. The number of rotatable bonds is 4. The average molecular weight is 327 g/mol. The summed E-state index contributed by atoms with van der Waals surface area (Å²) >= 11 is 0. The Morgan fingerprint density at radius 3 is 2.54 bits per heavy atom. The predicted octanol–water partition coefficient (Wildman–Crippen LogP) is 2.89. The van der Waals surface area contributed by atoms with Crippen molar-refractivity contribution in [3.8, 4) is 0 Å². The highest BCUT2D eigenvalue weighted by atomic mass is 19.1. The number of hydrogen-bond acceptors (Lipinski definition) is 3. The molecule has 1 fully saturated rings. The van der Waals surface area contributed by atoms with Crippen molar-refractivity contribution in [1.82, 2.24) is 4.90 Å². The summed E-state index contributed by atoms with van der Waals surface area (Å²) in [6.45, 7) is 5.34. The standard InChI is InChI=1S/C19H22FN3O/c1-15-4-2-7-18(12-15)22-8-10-23(11-9-22)19(24)14-21-17-6-3-5-16(20)13-17/h2-7,12-13,21H,8-11,14H2,1H3. The Morgan fingerprint density at radius 2 is 1.83 bits per heavy atom. The molecule has 0 atom stereocenters. The molecule has 0 saturated carbocycles. The van der Waals surface area contributed by atoms with Gasteiger partial charge in [-0.3, -0.25) is 4.79 Å². The van der Waals surface area contributed by atoms with Gasteiger partial charge in [-0.25, -0.2) is 4.39 Å². The van der Waals surface area contributed by atoms with Crippen LogP contribution in [-0.4, -0.2) is 43.5 Å². The van der Waals surface area contributed by atoms with E-state index in [0.29, 0.717) is 18.8 Å². The molecule has 2 aromatic carbocycles. The molecule has 0 spiro atoms. The predicted molar refractivity (Wildman–Crippen MR) is 94.9 cm³/mol. The molecule has 4 nitrogen and oxygen atoms in total. The summed E-state index contributed by atoms with van der Waals surface area (Å²) in [5.41, 5.74) is 3.08. The number of nitrogens with one attached hydrogen (secondary N) is 1. The van der Waals surface area contributed by atoms with E-state index in [1.54, 1.807) is 12.1 Å². The van der Waals surface area contributed by atoms with E-state index in [0.717, 1.165) is 13.1 Å². The van der Waals surface area contributed by atoms with Crippen LogP contribution in [0.15, 0.2) is 48.5 Å². The van der Waals surface area contributed by atoms with E-state index in [4.69, 9.17) is 0 Å². The van der Waals surface area contributed by atoms with Gasteiger partial charge in [-0.1, -0.05) is 18.2 Å². The van der Waals surface area contributed by atoms with Crippen molar-refractivity contribution in [2.24, 2.45) is 0 Å². The normalized spacial score (nSPS) is 14.6. The molecule has 1 N–H and O–H groups in total. The number of hydrogen-bond donors (Lipinski definition) is 1. The highest BCUT2D eigenvalue weighted by molar-refractivity contribution is 5.81. The molecular weight excluding hydrogens is 305 g/mol. The number of carbonyl (C=O) groups is 1. The van der Waals surface area contributed by atoms with Crippen molar-refractivity contribution in [1.29, 1.82) is 0 Å². The molecule has 2 aromatic rings. The van der Waals surface area contributed by atoms with Gasteiger partial charge in [-0.15, -0.1) is 0 Å². The minimum atomic E-state index is -0.306. The third-order valence-electron chi connectivity index (χ3n) is 4.27. The number of halogens is 1. The molecule has 1 aliphatic heterocycles. The first kappa shape index (κ1) is 16.3. The Labute approximate surface area is 141 Å². The molecule has 126 valence electrons. The Balaban J connectivity index is 1.50. The van der Waals surface area contributed by atoms with Crippen LogP contribution in [0, 0.1) is 12.7 Å². The lowest BCUT2D eigenvalue weighted by atomic mass is 10.2. The summed E-state index contributed by atoms with van der Waals surface area (Å²) in [5, 5.41) is 2.99. The van der Waals surface area contributed by atoms with E-state index in [1.165, 1.54) is 23.4 Å². The van der Waals surface area contributed by atoms with Crippen molar-refractivity contribution in [3.05, 3.63) is 59.9 Å². The van der Waals surface area contributed by atoms with Gasteiger partial charge in [-0.2, -0.15) is 0 Å². The van der Waals surface area contributed by atoms with Crippen LogP contribution in [0.25, 0.3) is 0 Å². The van der Waals surface area contributed by atoms with Gasteiger partial charge in [-0.05, 0) is 42.8 Å². The average Bonchev–Trinajstić information content (AvgIpc) is 2.60. The minimum absolute atomic E-state index is 0.0446. The van der Waals surface area contributed by atoms with E-state index in [2.05, 4.69) is 41.4 Å². The van der Waals surface area contributed by atoms with Gasteiger partial charge in [0.15, 0.2) is 0 Å². The van der Waals surface area contributed by atoms with E-state index in [9.17, 15) is 9.18 Å². The van der Waals surface area contributed by atoms with Crippen LogP contribution in [0.1, 0.15) is 5.56 Å². The first-order chi connectivity index (χ1) is 11.6. The second-order valence-corrected chi connectivity index (χ2v) is 6.07. The molecule has 0 unspecified atom stereocenters. The quantitative estimate of drug-likeness (QED) is 0.938. The van der Waals surface area contributed by atoms with Gasteiger partial charge in [0.25, 0.3) is 0 Å². The maximum atomic E-state index is 13.1. The third kappa shape index (κ3) is 4.04. The lowest BCUT2D eigenvalue weighted by Gasteiger charge is -2.36. The van der Waals surface area contributed by atoms with Gasteiger partial charge in [0, 0.05) is 37.6 Å². The second kappa shape index (κ2) is 7.34. The summed E-state index contributed by atoms with van der Waals surface area (Å²) in [7, 11) is 0. The first-order valence-electron chi connectivity index (χ1n) is 8.21. The zero-order chi connectivity index (χ0) is 16.9. The van der Waals surface area contributed by atoms with Crippen LogP contribution < -0.4 is 10.2 Å². The van der Waals surface area contributed by atoms with Crippen LogP contribution in [0.2, 0.25) is 0 Å². The van der Waals surface area contributed by atoms with Gasteiger partial charge in [0.1, 0.15) is 5.82 Å². The molecule has 1 saturated heterocycles. The molecule has 3 rings (SSSR count). The maximum Gasteiger partial charge on any atom is 0.241 e. The molecule has 5 heteroatoms. The van der Waals surface area contributed by atoms with Crippen LogP contribution in [0.3, 0.4) is 0 Å². The van der Waals surface area contributed by atoms with Crippen molar-refractivity contribution < 1.29 is 9.18 Å². The number of nitrogens with zero attached hydrogens (tertiary/aromatic N) is 2. The van der Waals surface area contributed by atoms with Crippen molar-refractivity contribution in [3.63, 3.8) is 0 Å². The van der Waals surface area contributed by atoms with Crippen molar-refractivity contribution in [2.45, 2.75) is 6.92 Å². The summed E-state index contributed by atoms with van der Waals surface area (Å²) in [5.74, 6) is -0.262. The van der Waals surface area contributed by atoms with Crippen LogP contribution >= 0.6 is 0 Å². The number of amides is 1. The number of carbonyl (C=O) groups excluding carboxylic acids is 1. The van der Waals surface area contributed by atoms with Gasteiger partial charge in [0.05, 0.1) is 6.54 Å². The molecule has 1 heterocycles. The fraction of sp³-hybridized carbons (Fsp3) is 0.316. The molecule has 1 aliphatic rings. The van der Waals surface area contributed by atoms with Crippen LogP contribution in [0.4, 0.5) is 15.8 Å². The topological polar surface area (TPSA) is 35.6 Å².